The van der Waals surface area contributed by atoms with Gasteiger partial charge in [-0.05, 0) is 11.6 Å². The molecule has 1 rings (SSSR count). The Labute approximate surface area is 122 Å². The Balaban J connectivity index is 3.04. The van der Waals surface area contributed by atoms with Crippen LogP contribution in [0.15, 0.2) is 29.4 Å². The van der Waals surface area contributed by atoms with Crippen molar-refractivity contribution < 1.29 is 33.1 Å². The smallest absolute Gasteiger partial charge is 0.471 e. The molecule has 0 bridgehead atoms. The zero-order chi connectivity index (χ0) is 16.9. The predicted molar refractivity (Wildman–Crippen MR) is 68.1 cm³/mol. The van der Waals surface area contributed by atoms with Crippen LogP contribution >= 0.6 is 0 Å². The second kappa shape index (κ2) is 6.78. The molecule has 1 amide bonds. The molecular weight excluding hydrogens is 307 g/mol. The summed E-state index contributed by atoms with van der Waals surface area (Å²) in [6.45, 7) is -1.69. The number of carboxylic acid groups (broad SMARTS) is 1. The van der Waals surface area contributed by atoms with Crippen LogP contribution in [0.1, 0.15) is 11.1 Å². The number of nitrogens with zero attached hydrogens (tertiary/aromatic N) is 2. The number of rotatable bonds is 5. The summed E-state index contributed by atoms with van der Waals surface area (Å²) in [5, 5.41) is 19.9. The number of alkyl halides is 3. The maximum absolute atomic E-state index is 12.5. The summed E-state index contributed by atoms with van der Waals surface area (Å²) >= 11 is 0. The van der Waals surface area contributed by atoms with Crippen molar-refractivity contribution in [1.82, 2.24) is 4.90 Å². The van der Waals surface area contributed by atoms with Gasteiger partial charge in [-0.3, -0.25) is 9.59 Å². The summed E-state index contributed by atoms with van der Waals surface area (Å²) in [5.41, 5.74) is 5.76. The molecule has 0 atom stereocenters. The van der Waals surface area contributed by atoms with Crippen LogP contribution in [0.3, 0.4) is 0 Å². The van der Waals surface area contributed by atoms with Gasteiger partial charge in [-0.2, -0.15) is 13.2 Å². The average molecular weight is 319 g/mol. The number of hydrogen-bond acceptors (Lipinski definition) is 4. The number of carbonyl (C=O) groups excluding carboxylic acids is 1. The number of oxime groups is 1. The third-order valence-corrected chi connectivity index (χ3v) is 2.56. The highest BCUT2D eigenvalue weighted by molar-refractivity contribution is 5.97. The molecule has 10 heteroatoms. The lowest BCUT2D eigenvalue weighted by atomic mass is 10.1. The van der Waals surface area contributed by atoms with Crippen LogP contribution in [0.2, 0.25) is 0 Å². The predicted octanol–water partition coefficient (Wildman–Crippen LogP) is 0.757. The average Bonchev–Trinajstić information content (AvgIpc) is 2.43. The van der Waals surface area contributed by atoms with Crippen molar-refractivity contribution >= 4 is 17.7 Å². The molecule has 22 heavy (non-hydrogen) atoms. The van der Waals surface area contributed by atoms with E-state index in [4.69, 9.17) is 16.0 Å². The zero-order valence-corrected chi connectivity index (χ0v) is 11.0. The summed E-state index contributed by atoms with van der Waals surface area (Å²) in [6.07, 6.45) is -5.18. The molecule has 0 heterocycles. The van der Waals surface area contributed by atoms with Gasteiger partial charge in [0.1, 0.15) is 6.54 Å². The Bertz CT molecular complexity index is 602. The third kappa shape index (κ3) is 4.65. The van der Waals surface area contributed by atoms with Crippen molar-refractivity contribution in [2.24, 2.45) is 10.9 Å². The molecule has 0 radical (unpaired) electrons. The second-order valence-corrected chi connectivity index (χ2v) is 4.24. The van der Waals surface area contributed by atoms with Gasteiger partial charge in [0.15, 0.2) is 5.84 Å². The molecule has 120 valence electrons. The number of carbonyl (C=O) groups is 2. The van der Waals surface area contributed by atoms with E-state index in [1.807, 2.05) is 0 Å². The molecule has 0 aliphatic carbocycles. The van der Waals surface area contributed by atoms with E-state index in [1.54, 1.807) is 0 Å². The van der Waals surface area contributed by atoms with Gasteiger partial charge in [0.2, 0.25) is 0 Å². The highest BCUT2D eigenvalue weighted by atomic mass is 19.4. The van der Waals surface area contributed by atoms with Crippen LogP contribution in [-0.4, -0.2) is 45.6 Å². The van der Waals surface area contributed by atoms with Crippen LogP contribution in [0, 0.1) is 0 Å². The molecule has 4 N–H and O–H groups in total. The highest BCUT2D eigenvalue weighted by Gasteiger charge is 2.43. The number of aliphatic carboxylic acids is 1. The van der Waals surface area contributed by atoms with Crippen molar-refractivity contribution in [3.8, 4) is 0 Å². The van der Waals surface area contributed by atoms with Crippen molar-refractivity contribution in [2.75, 3.05) is 6.54 Å². The minimum Gasteiger partial charge on any atom is -0.480 e. The van der Waals surface area contributed by atoms with Crippen molar-refractivity contribution in [1.29, 1.82) is 0 Å². The number of hydrogen-bond donors (Lipinski definition) is 3. The van der Waals surface area contributed by atoms with Crippen LogP contribution in [-0.2, 0) is 16.1 Å². The first-order valence-electron chi connectivity index (χ1n) is 5.80. The first kappa shape index (κ1) is 17.3. The molecule has 0 aliphatic heterocycles. The van der Waals surface area contributed by atoms with E-state index in [2.05, 4.69) is 5.16 Å². The van der Waals surface area contributed by atoms with E-state index in [1.165, 1.54) is 24.3 Å². The van der Waals surface area contributed by atoms with Crippen LogP contribution in [0.4, 0.5) is 13.2 Å². The van der Waals surface area contributed by atoms with Crippen molar-refractivity contribution in [3.05, 3.63) is 35.4 Å². The summed E-state index contributed by atoms with van der Waals surface area (Å²) in [7, 11) is 0. The van der Waals surface area contributed by atoms with Gasteiger partial charge in [0, 0.05) is 12.1 Å². The van der Waals surface area contributed by atoms with Gasteiger partial charge in [0.25, 0.3) is 0 Å². The van der Waals surface area contributed by atoms with Gasteiger partial charge in [-0.15, -0.1) is 0 Å². The summed E-state index contributed by atoms with van der Waals surface area (Å²) in [5.74, 6) is -4.11. The van der Waals surface area contributed by atoms with E-state index in [-0.39, 0.29) is 21.9 Å². The Morgan fingerprint density at radius 1 is 1.32 bits per heavy atom. The van der Waals surface area contributed by atoms with Gasteiger partial charge >= 0.3 is 18.1 Å². The van der Waals surface area contributed by atoms with Gasteiger partial charge in [-0.1, -0.05) is 23.4 Å². The van der Waals surface area contributed by atoms with E-state index in [0.717, 1.165) is 0 Å². The fourth-order valence-corrected chi connectivity index (χ4v) is 1.65. The fraction of sp³-hybridized carbons (Fsp3) is 0.250. The van der Waals surface area contributed by atoms with Gasteiger partial charge in [0.05, 0.1) is 0 Å². The zero-order valence-electron chi connectivity index (χ0n) is 11.0. The minimum atomic E-state index is -5.18. The van der Waals surface area contributed by atoms with Crippen molar-refractivity contribution in [2.45, 2.75) is 12.7 Å². The van der Waals surface area contributed by atoms with E-state index >= 15 is 0 Å². The third-order valence-electron chi connectivity index (χ3n) is 2.56. The summed E-state index contributed by atoms with van der Waals surface area (Å²) in [4.78, 5) is 22.0. The van der Waals surface area contributed by atoms with Crippen molar-refractivity contribution in [3.63, 3.8) is 0 Å². The molecule has 1 aromatic carbocycles. The Kier molecular flexibility index (Phi) is 5.33. The molecule has 1 aromatic rings. The molecule has 0 saturated heterocycles. The topological polar surface area (TPSA) is 116 Å². The maximum Gasteiger partial charge on any atom is 0.471 e. The monoisotopic (exact) mass is 319 g/mol. The fourth-order valence-electron chi connectivity index (χ4n) is 1.65. The number of amides is 1. The highest BCUT2D eigenvalue weighted by Crippen LogP contribution is 2.20. The van der Waals surface area contributed by atoms with E-state index < -0.39 is 31.1 Å². The molecule has 0 fully saturated rings. The summed E-state index contributed by atoms with van der Waals surface area (Å²) in [6, 6.07) is 5.52. The maximum atomic E-state index is 12.5. The molecule has 0 aromatic heterocycles. The minimum absolute atomic E-state index is 0.147. The number of benzene rings is 1. The van der Waals surface area contributed by atoms with Gasteiger partial charge < -0.3 is 20.9 Å². The van der Waals surface area contributed by atoms with Crippen LogP contribution < -0.4 is 5.73 Å². The van der Waals surface area contributed by atoms with Crippen LogP contribution in [0.5, 0.6) is 0 Å². The largest absolute Gasteiger partial charge is 0.480 e. The lowest BCUT2D eigenvalue weighted by Gasteiger charge is -2.22. The lowest BCUT2D eigenvalue weighted by Crippen LogP contribution is -2.43. The number of amidine groups is 1. The molecule has 0 unspecified atom stereocenters. The molecular formula is C12H12F3N3O4. The Hall–Kier alpha value is -2.78. The lowest BCUT2D eigenvalue weighted by molar-refractivity contribution is -0.187. The standard InChI is InChI=1S/C12H12F3N3O4/c13-12(14,15)11(21)18(6-9(19)20)5-7-2-1-3-8(4-7)10(16)17-22/h1-4,22H,5-6H2,(H2,16,17)(H,19,20). The first-order chi connectivity index (χ1) is 10.1. The number of halogens is 3. The second-order valence-electron chi connectivity index (χ2n) is 4.24. The quantitative estimate of drug-likeness (QED) is 0.321. The Morgan fingerprint density at radius 2 is 1.95 bits per heavy atom. The number of nitrogens with two attached hydrogens (primary N) is 1. The van der Waals surface area contributed by atoms with Gasteiger partial charge in [-0.25, -0.2) is 0 Å². The van der Waals surface area contributed by atoms with Crippen LogP contribution in [0.25, 0.3) is 0 Å². The number of carboxylic acids is 1. The SMILES string of the molecule is N/C(=N\O)c1cccc(CN(CC(=O)O)C(=O)C(F)(F)F)c1. The Morgan fingerprint density at radius 3 is 2.45 bits per heavy atom. The molecule has 0 saturated carbocycles. The summed E-state index contributed by atoms with van der Waals surface area (Å²) < 4.78 is 37.4. The molecule has 0 spiro atoms. The van der Waals surface area contributed by atoms with E-state index in [0.29, 0.717) is 0 Å². The molecule has 7 nitrogen and oxygen atoms in total. The molecule has 0 aliphatic rings. The first-order valence-corrected chi connectivity index (χ1v) is 5.80. The normalized spacial score (nSPS) is 12.0. The van der Waals surface area contributed by atoms with E-state index in [9.17, 15) is 22.8 Å².